The van der Waals surface area contributed by atoms with Crippen molar-refractivity contribution in [3.8, 4) is 16.9 Å². The van der Waals surface area contributed by atoms with Crippen molar-refractivity contribution in [1.29, 1.82) is 0 Å². The predicted molar refractivity (Wildman–Crippen MR) is 176 cm³/mol. The Labute approximate surface area is 278 Å². The second-order valence-corrected chi connectivity index (χ2v) is 12.6. The first-order chi connectivity index (χ1) is 23.0. The number of aliphatic hydroxyl groups excluding tert-OH is 3. The Morgan fingerprint density at radius 1 is 0.938 bits per heavy atom. The summed E-state index contributed by atoms with van der Waals surface area (Å²) in [6.45, 7) is 0.0523. The number of phenols is 1. The average Bonchev–Trinajstić information content (AvgIpc) is 3.36. The molecule has 3 aromatic carbocycles. The predicted octanol–water partition coefficient (Wildman–Crippen LogP) is 3.52. The summed E-state index contributed by atoms with van der Waals surface area (Å²) in [5, 5.41) is 49.4. The van der Waals surface area contributed by atoms with Crippen LogP contribution in [0.5, 0.6) is 5.75 Å². The lowest BCUT2D eigenvalue weighted by Crippen LogP contribution is -2.52. The van der Waals surface area contributed by atoms with Crippen molar-refractivity contribution in [2.24, 2.45) is 23.5 Å². The van der Waals surface area contributed by atoms with Gasteiger partial charge in [-0.3, -0.25) is 19.7 Å². The zero-order chi connectivity index (χ0) is 34.0. The number of hydrogen-bond acceptors (Lipinski definition) is 10. The van der Waals surface area contributed by atoms with E-state index in [-0.39, 0.29) is 47.3 Å². The summed E-state index contributed by atoms with van der Waals surface area (Å²) in [5.41, 5.74) is 8.80. The van der Waals surface area contributed by atoms with Crippen LogP contribution in [0.25, 0.3) is 16.9 Å². The number of carbonyl (C=O) groups excluding carboxylic acids is 4. The number of nitrogens with one attached hydrogen (secondary N) is 2. The van der Waals surface area contributed by atoms with E-state index < -0.39 is 70.3 Å². The lowest BCUT2D eigenvalue weighted by molar-refractivity contribution is -0.133. The Morgan fingerprint density at radius 2 is 1.58 bits per heavy atom. The number of benzene rings is 3. The fraction of sp³-hybridized carbons (Fsp3) is 0.229. The minimum atomic E-state index is -1.48. The van der Waals surface area contributed by atoms with E-state index in [4.69, 9.17) is 22.7 Å². The van der Waals surface area contributed by atoms with Crippen molar-refractivity contribution in [2.75, 3.05) is 11.9 Å². The summed E-state index contributed by atoms with van der Waals surface area (Å²) < 4.78 is 5.53. The van der Waals surface area contributed by atoms with Crippen LogP contribution < -0.4 is 16.4 Å². The molecule has 1 fully saturated rings. The number of primary amides is 1. The largest absolute Gasteiger partial charge is 0.511 e. The van der Waals surface area contributed by atoms with Gasteiger partial charge < -0.3 is 36.2 Å². The fourth-order valence-electron chi connectivity index (χ4n) is 7.59. The number of thiocarbonyl (C=S) groups is 1. The van der Waals surface area contributed by atoms with Crippen LogP contribution in [-0.4, -0.2) is 61.8 Å². The number of hydrogen-bond donors (Lipinski definition) is 7. The van der Waals surface area contributed by atoms with Crippen LogP contribution in [0.2, 0.25) is 0 Å². The molecule has 244 valence electrons. The fourth-order valence-corrected chi connectivity index (χ4v) is 7.78. The summed E-state index contributed by atoms with van der Waals surface area (Å²) in [7, 11) is 0. The highest BCUT2D eigenvalue weighted by atomic mass is 32.1. The first-order valence-corrected chi connectivity index (χ1v) is 15.6. The SMILES string of the molecule is NC(=O)C1=C(O)C2C(=O)C3=C(O)c4c(ccc(NC(=S)NC(=O)OCC5c6ccccc6-c6ccccc65)c4O)C[C@H]3[C@H](O)[C@H]2CC1=O. The van der Waals surface area contributed by atoms with Gasteiger partial charge in [-0.05, 0) is 52.5 Å². The number of anilines is 1. The first-order valence-electron chi connectivity index (χ1n) is 15.2. The minimum Gasteiger partial charge on any atom is -0.511 e. The summed E-state index contributed by atoms with van der Waals surface area (Å²) >= 11 is 5.28. The molecule has 4 aliphatic rings. The molecule has 3 aromatic rings. The zero-order valence-corrected chi connectivity index (χ0v) is 25.9. The summed E-state index contributed by atoms with van der Waals surface area (Å²) in [6.07, 6.45) is -2.54. The Hall–Kier alpha value is -5.53. The maximum absolute atomic E-state index is 13.7. The van der Waals surface area contributed by atoms with Crippen LogP contribution in [0, 0.1) is 17.8 Å². The number of aliphatic hydroxyl groups is 3. The number of nitrogens with two attached hydrogens (primary N) is 1. The van der Waals surface area contributed by atoms with E-state index in [9.17, 15) is 39.6 Å². The maximum Gasteiger partial charge on any atom is 0.413 e. The Morgan fingerprint density at radius 3 is 2.23 bits per heavy atom. The molecule has 0 aliphatic heterocycles. The molecular weight excluding hydrogens is 638 g/mol. The van der Waals surface area contributed by atoms with Crippen molar-refractivity contribution in [3.05, 3.63) is 99.8 Å². The molecule has 8 N–H and O–H groups in total. The Bertz CT molecular complexity index is 1990. The van der Waals surface area contributed by atoms with E-state index in [1.165, 1.54) is 6.07 Å². The monoisotopic (exact) mass is 667 g/mol. The van der Waals surface area contributed by atoms with Gasteiger partial charge in [-0.25, -0.2) is 4.79 Å². The van der Waals surface area contributed by atoms with Gasteiger partial charge in [-0.2, -0.15) is 0 Å². The standard InChI is InChI=1S/C35H29N3O9S/c36-33(45)27-23(39)12-20-26(32(27)44)31(43)25-19(28(20)40)11-14-9-10-22(29(41)24(14)30(25)42)37-34(48)38-35(46)47-13-21-17-7-3-1-5-15(17)16-6-2-4-8-18(16)21/h1-10,19-21,26,28,40-42,44H,11-13H2,(H2,36,45)(H2,37,38,46,48)/t19-,20+,26?,28+/m1/s1. The number of alkyl carbamates (subject to hydrolysis) is 1. The van der Waals surface area contributed by atoms with E-state index in [0.717, 1.165) is 22.3 Å². The molecular formula is C35H29N3O9S. The third-order valence-corrected chi connectivity index (χ3v) is 9.90. The van der Waals surface area contributed by atoms with Gasteiger partial charge in [0.1, 0.15) is 29.4 Å². The lowest BCUT2D eigenvalue weighted by atomic mass is 9.60. The number of fused-ring (bicyclic) bond motifs is 6. The summed E-state index contributed by atoms with van der Waals surface area (Å²) in [5.74, 6) is -8.38. The van der Waals surface area contributed by atoms with Crippen LogP contribution in [0.3, 0.4) is 0 Å². The summed E-state index contributed by atoms with van der Waals surface area (Å²) in [6, 6.07) is 18.8. The van der Waals surface area contributed by atoms with Crippen LogP contribution in [0.15, 0.2) is 77.6 Å². The van der Waals surface area contributed by atoms with Gasteiger partial charge in [-0.1, -0.05) is 54.6 Å². The Kier molecular flexibility index (Phi) is 7.52. The van der Waals surface area contributed by atoms with E-state index in [1.54, 1.807) is 6.07 Å². The van der Waals surface area contributed by atoms with Crippen molar-refractivity contribution in [3.63, 3.8) is 0 Å². The molecule has 4 aliphatic carbocycles. The van der Waals surface area contributed by atoms with Crippen LogP contribution >= 0.6 is 12.2 Å². The topological polar surface area (TPSA) is 209 Å². The molecule has 48 heavy (non-hydrogen) atoms. The second-order valence-electron chi connectivity index (χ2n) is 12.2. The van der Waals surface area contributed by atoms with Gasteiger partial charge in [0.15, 0.2) is 16.7 Å². The lowest BCUT2D eigenvalue weighted by Gasteiger charge is -2.44. The number of Topliss-reactive ketones (excluding diaryl/α,β-unsaturated/α-hetero) is 2. The second kappa shape index (κ2) is 11.6. The van der Waals surface area contributed by atoms with E-state index in [0.29, 0.717) is 5.56 Å². The molecule has 13 heteroatoms. The molecule has 1 saturated carbocycles. The van der Waals surface area contributed by atoms with E-state index in [1.807, 2.05) is 48.5 Å². The van der Waals surface area contributed by atoms with Crippen LogP contribution in [-0.2, 0) is 25.5 Å². The number of amides is 2. The molecule has 0 bridgehead atoms. The third-order valence-electron chi connectivity index (χ3n) is 9.70. The van der Waals surface area contributed by atoms with E-state index in [2.05, 4.69) is 10.6 Å². The minimum absolute atomic E-state index is 0.00741. The number of ketones is 2. The smallest absolute Gasteiger partial charge is 0.413 e. The molecule has 0 saturated heterocycles. The molecule has 7 rings (SSSR count). The van der Waals surface area contributed by atoms with Gasteiger partial charge in [0.25, 0.3) is 5.91 Å². The van der Waals surface area contributed by atoms with Gasteiger partial charge >= 0.3 is 6.09 Å². The number of aromatic hydroxyl groups is 1. The number of phenolic OH excluding ortho intramolecular Hbond substituents is 1. The van der Waals surface area contributed by atoms with Gasteiger partial charge in [0.2, 0.25) is 0 Å². The van der Waals surface area contributed by atoms with Crippen molar-refractivity contribution < 1.29 is 44.3 Å². The molecule has 4 atom stereocenters. The number of rotatable bonds is 4. The normalized spacial score (nSPS) is 22.6. The molecule has 0 radical (unpaired) electrons. The number of ether oxygens (including phenoxy) is 1. The highest BCUT2D eigenvalue weighted by Crippen LogP contribution is 2.51. The molecule has 0 aromatic heterocycles. The van der Waals surface area contributed by atoms with Crippen molar-refractivity contribution in [2.45, 2.75) is 24.9 Å². The highest BCUT2D eigenvalue weighted by molar-refractivity contribution is 7.80. The van der Waals surface area contributed by atoms with Gasteiger partial charge in [0.05, 0.1) is 23.3 Å². The molecule has 12 nitrogen and oxygen atoms in total. The zero-order valence-electron chi connectivity index (χ0n) is 25.1. The molecule has 2 amide bonds. The van der Waals surface area contributed by atoms with Crippen molar-refractivity contribution >= 4 is 52.3 Å². The molecule has 1 unspecified atom stereocenters. The van der Waals surface area contributed by atoms with Crippen molar-refractivity contribution in [1.82, 2.24) is 5.32 Å². The summed E-state index contributed by atoms with van der Waals surface area (Å²) in [4.78, 5) is 50.8. The maximum atomic E-state index is 13.7. The quantitative estimate of drug-likeness (QED) is 0.122. The van der Waals surface area contributed by atoms with Crippen LogP contribution in [0.1, 0.15) is 34.6 Å². The molecule has 0 heterocycles. The van der Waals surface area contributed by atoms with Gasteiger partial charge in [0, 0.05) is 29.7 Å². The molecule has 0 spiro atoms. The van der Waals surface area contributed by atoms with Crippen LogP contribution in [0.4, 0.5) is 10.5 Å². The van der Waals surface area contributed by atoms with E-state index >= 15 is 0 Å². The Balaban J connectivity index is 1.08. The third kappa shape index (κ3) is 4.81. The first kappa shape index (κ1) is 31.1. The van der Waals surface area contributed by atoms with Gasteiger partial charge in [-0.15, -0.1) is 0 Å². The highest BCUT2D eigenvalue weighted by Gasteiger charge is 2.55. The number of allylic oxidation sites excluding steroid dienone is 1. The average molecular weight is 668 g/mol. The number of carbonyl (C=O) groups is 4.